The van der Waals surface area contributed by atoms with Crippen molar-refractivity contribution < 1.29 is 4.74 Å². The van der Waals surface area contributed by atoms with Crippen LogP contribution in [0.1, 0.15) is 25.0 Å². The minimum absolute atomic E-state index is 0.0714. The lowest BCUT2D eigenvalue weighted by Crippen LogP contribution is -2.51. The average Bonchev–Trinajstić information content (AvgIpc) is 2.51. The molecule has 0 atom stereocenters. The Balaban J connectivity index is 2.47. The van der Waals surface area contributed by atoms with Gasteiger partial charge in [-0.15, -0.1) is 0 Å². The molecule has 2 N–H and O–H groups in total. The summed E-state index contributed by atoms with van der Waals surface area (Å²) < 4.78 is 5.37. The largest absolute Gasteiger partial charge is 0.496 e. The fourth-order valence-corrected chi connectivity index (χ4v) is 2.02. The molecule has 0 fully saturated rings. The number of ether oxygens (including phenoxy) is 1. The summed E-state index contributed by atoms with van der Waals surface area (Å²) in [5, 5.41) is 6.74. The van der Waals surface area contributed by atoms with Crippen LogP contribution in [0.3, 0.4) is 0 Å². The molecule has 1 aromatic carbocycles. The van der Waals surface area contributed by atoms with Gasteiger partial charge in [-0.3, -0.25) is 4.99 Å². The van der Waals surface area contributed by atoms with Crippen molar-refractivity contribution in [3.8, 4) is 5.75 Å². The van der Waals surface area contributed by atoms with Crippen LogP contribution in [0.25, 0.3) is 0 Å². The Morgan fingerprint density at radius 1 is 1.26 bits per heavy atom. The van der Waals surface area contributed by atoms with Crippen LogP contribution in [0.5, 0.6) is 5.75 Å². The summed E-state index contributed by atoms with van der Waals surface area (Å²) >= 11 is 0. The van der Waals surface area contributed by atoms with E-state index in [1.807, 2.05) is 0 Å². The fraction of sp³-hybridized carbons (Fsp3) is 0.611. The van der Waals surface area contributed by atoms with Crippen LogP contribution >= 0.6 is 0 Å². The van der Waals surface area contributed by atoms with Gasteiger partial charge >= 0.3 is 0 Å². The van der Waals surface area contributed by atoms with Crippen molar-refractivity contribution in [3.05, 3.63) is 29.3 Å². The highest BCUT2D eigenvalue weighted by Crippen LogP contribution is 2.18. The molecule has 0 bridgehead atoms. The third-order valence-corrected chi connectivity index (χ3v) is 4.30. The monoisotopic (exact) mass is 320 g/mol. The van der Waals surface area contributed by atoms with Crippen molar-refractivity contribution in [1.29, 1.82) is 0 Å². The summed E-state index contributed by atoms with van der Waals surface area (Å²) in [5.74, 6) is 1.77. The molecule has 0 amide bonds. The van der Waals surface area contributed by atoms with Crippen molar-refractivity contribution in [2.75, 3.05) is 41.3 Å². The number of likely N-dealkylation sites (N-methyl/N-ethyl adjacent to an activating group) is 1. The summed E-state index contributed by atoms with van der Waals surface area (Å²) in [6.07, 6.45) is 0.925. The normalized spacial score (nSPS) is 12.4. The van der Waals surface area contributed by atoms with Gasteiger partial charge in [-0.05, 0) is 58.5 Å². The summed E-state index contributed by atoms with van der Waals surface area (Å²) in [5.41, 5.74) is 2.48. The molecule has 0 unspecified atom stereocenters. The van der Waals surface area contributed by atoms with Crippen molar-refractivity contribution >= 4 is 5.96 Å². The second-order valence-electron chi connectivity index (χ2n) is 6.61. The molecule has 1 aromatic rings. The molecule has 0 aliphatic rings. The van der Waals surface area contributed by atoms with Gasteiger partial charge in [0.2, 0.25) is 0 Å². The summed E-state index contributed by atoms with van der Waals surface area (Å²) in [4.78, 5) is 6.48. The second-order valence-corrected chi connectivity index (χ2v) is 6.61. The molecule has 1 rings (SSSR count). The molecule has 0 heterocycles. The van der Waals surface area contributed by atoms with E-state index in [-0.39, 0.29) is 5.54 Å². The van der Waals surface area contributed by atoms with E-state index < -0.39 is 0 Å². The third-order valence-electron chi connectivity index (χ3n) is 4.30. The first kappa shape index (κ1) is 19.3. The van der Waals surface area contributed by atoms with Crippen LogP contribution in [-0.2, 0) is 6.42 Å². The zero-order chi connectivity index (χ0) is 17.5. The zero-order valence-corrected chi connectivity index (χ0v) is 15.7. The molecule has 5 heteroatoms. The standard InChI is InChI=1S/C18H32N4O/c1-14-8-9-15(12-16(14)23-7)10-11-20-17(19-4)21-13-18(2,3)22(5)6/h8-9,12H,10-11,13H2,1-7H3,(H2,19,20,21). The van der Waals surface area contributed by atoms with Gasteiger partial charge in [0.1, 0.15) is 5.75 Å². The molecule has 0 radical (unpaired) electrons. The van der Waals surface area contributed by atoms with Gasteiger partial charge in [0.15, 0.2) is 5.96 Å². The van der Waals surface area contributed by atoms with Gasteiger partial charge in [0, 0.05) is 25.7 Å². The highest BCUT2D eigenvalue weighted by molar-refractivity contribution is 5.79. The van der Waals surface area contributed by atoms with Crippen molar-refractivity contribution in [3.63, 3.8) is 0 Å². The first-order valence-corrected chi connectivity index (χ1v) is 8.05. The highest BCUT2D eigenvalue weighted by Gasteiger charge is 2.20. The first-order valence-electron chi connectivity index (χ1n) is 8.05. The molecule has 23 heavy (non-hydrogen) atoms. The number of aryl methyl sites for hydroxylation is 1. The van der Waals surface area contributed by atoms with E-state index >= 15 is 0 Å². The molecular weight excluding hydrogens is 288 g/mol. The SMILES string of the molecule is CN=C(NCCc1ccc(C)c(OC)c1)NCC(C)(C)N(C)C. The summed E-state index contributed by atoms with van der Waals surface area (Å²) in [6, 6.07) is 6.34. The lowest BCUT2D eigenvalue weighted by atomic mass is 10.0. The first-order chi connectivity index (χ1) is 10.8. The Hall–Kier alpha value is -1.75. The van der Waals surface area contributed by atoms with Crippen LogP contribution < -0.4 is 15.4 Å². The van der Waals surface area contributed by atoms with Crippen molar-refractivity contribution in [1.82, 2.24) is 15.5 Å². The maximum absolute atomic E-state index is 5.37. The predicted octanol–water partition coefficient (Wildman–Crippen LogP) is 2.05. The predicted molar refractivity (Wildman–Crippen MR) is 98.6 cm³/mol. The van der Waals surface area contributed by atoms with Gasteiger partial charge in [0.25, 0.3) is 0 Å². The van der Waals surface area contributed by atoms with Crippen LogP contribution in [0.4, 0.5) is 0 Å². The third kappa shape index (κ3) is 6.10. The number of guanidine groups is 1. The Kier molecular flexibility index (Phi) is 7.36. The van der Waals surface area contributed by atoms with Gasteiger partial charge in [0.05, 0.1) is 7.11 Å². The summed E-state index contributed by atoms with van der Waals surface area (Å²) in [7, 11) is 7.68. The molecular formula is C18H32N4O. The van der Waals surface area contributed by atoms with E-state index in [1.165, 1.54) is 5.56 Å². The minimum Gasteiger partial charge on any atom is -0.496 e. The van der Waals surface area contributed by atoms with E-state index in [0.717, 1.165) is 36.8 Å². The van der Waals surface area contributed by atoms with E-state index in [4.69, 9.17) is 4.74 Å². The van der Waals surface area contributed by atoms with Gasteiger partial charge in [-0.1, -0.05) is 12.1 Å². The lowest BCUT2D eigenvalue weighted by Gasteiger charge is -2.33. The van der Waals surface area contributed by atoms with Crippen molar-refractivity contribution in [2.45, 2.75) is 32.7 Å². The maximum atomic E-state index is 5.37. The number of hydrogen-bond donors (Lipinski definition) is 2. The molecule has 130 valence electrons. The molecule has 5 nitrogen and oxygen atoms in total. The molecule has 0 spiro atoms. The number of nitrogens with one attached hydrogen (secondary N) is 2. The number of aliphatic imine (C=N–C) groups is 1. The molecule has 0 aliphatic carbocycles. The molecule has 0 aliphatic heterocycles. The number of benzene rings is 1. The highest BCUT2D eigenvalue weighted by atomic mass is 16.5. The van der Waals surface area contributed by atoms with E-state index in [0.29, 0.717) is 0 Å². The van der Waals surface area contributed by atoms with Crippen molar-refractivity contribution in [2.24, 2.45) is 4.99 Å². The van der Waals surface area contributed by atoms with Gasteiger partial charge < -0.3 is 20.3 Å². The lowest BCUT2D eigenvalue weighted by molar-refractivity contribution is 0.197. The van der Waals surface area contributed by atoms with Crippen LogP contribution in [-0.4, -0.2) is 57.7 Å². The van der Waals surface area contributed by atoms with Gasteiger partial charge in [-0.2, -0.15) is 0 Å². The van der Waals surface area contributed by atoms with E-state index in [1.54, 1.807) is 14.2 Å². The smallest absolute Gasteiger partial charge is 0.191 e. The molecule has 0 saturated heterocycles. The molecule has 0 aromatic heterocycles. The Morgan fingerprint density at radius 3 is 2.52 bits per heavy atom. The average molecular weight is 320 g/mol. The van der Waals surface area contributed by atoms with E-state index in [9.17, 15) is 0 Å². The topological polar surface area (TPSA) is 48.9 Å². The number of hydrogen-bond acceptors (Lipinski definition) is 3. The Labute approximate surface area is 141 Å². The second kappa shape index (κ2) is 8.77. The maximum Gasteiger partial charge on any atom is 0.191 e. The van der Waals surface area contributed by atoms with Crippen LogP contribution in [0.15, 0.2) is 23.2 Å². The van der Waals surface area contributed by atoms with Gasteiger partial charge in [-0.25, -0.2) is 0 Å². The number of rotatable bonds is 7. The van der Waals surface area contributed by atoms with E-state index in [2.05, 4.69) is 73.6 Å². The van der Waals surface area contributed by atoms with Crippen LogP contribution in [0, 0.1) is 6.92 Å². The number of methoxy groups -OCH3 is 1. The quantitative estimate of drug-likeness (QED) is 0.596. The Morgan fingerprint density at radius 2 is 1.96 bits per heavy atom. The molecule has 0 saturated carbocycles. The zero-order valence-electron chi connectivity index (χ0n) is 15.7. The van der Waals surface area contributed by atoms with Crippen LogP contribution in [0.2, 0.25) is 0 Å². The summed E-state index contributed by atoms with van der Waals surface area (Å²) in [6.45, 7) is 8.11. The Bertz CT molecular complexity index is 524. The fourth-order valence-electron chi connectivity index (χ4n) is 2.02. The number of nitrogens with zero attached hydrogens (tertiary/aromatic N) is 2. The minimum atomic E-state index is 0.0714.